The molecule has 0 heterocycles. The largest absolute Gasteiger partial charge is 0.507 e. The van der Waals surface area contributed by atoms with Crippen LogP contribution in [0.4, 0.5) is 0 Å². The summed E-state index contributed by atoms with van der Waals surface area (Å²) in [6.45, 7) is 1.66. The highest BCUT2D eigenvalue weighted by molar-refractivity contribution is 5.94. The summed E-state index contributed by atoms with van der Waals surface area (Å²) in [6.07, 6.45) is 1.09. The Morgan fingerprint density at radius 3 is 2.35 bits per heavy atom. The fourth-order valence-electron chi connectivity index (χ4n) is 1.81. The maximum Gasteiger partial charge on any atom is 0.328 e. The van der Waals surface area contributed by atoms with Crippen LogP contribution in [0.3, 0.4) is 0 Å². The number of hydrogen-bond acceptors (Lipinski definition) is 2. The minimum Gasteiger partial charge on any atom is -0.507 e. The number of phenolic OH excluding ortho intramolecular Hbond substituents is 1. The highest BCUT2D eigenvalue weighted by Gasteiger charge is 2.06. The molecular weight excluding hydrogens is 216 g/mol. The molecule has 3 nitrogen and oxygen atoms in total. The first-order chi connectivity index (χ1) is 8.08. The highest BCUT2D eigenvalue weighted by atomic mass is 16.4. The zero-order valence-corrected chi connectivity index (χ0v) is 9.34. The third-order valence-corrected chi connectivity index (χ3v) is 2.63. The molecule has 0 aromatic heterocycles. The highest BCUT2D eigenvalue weighted by Crippen LogP contribution is 2.29. The van der Waals surface area contributed by atoms with Gasteiger partial charge in [-0.2, -0.15) is 0 Å². The molecule has 0 saturated heterocycles. The molecular formula is C14H12O3. The molecule has 0 atom stereocenters. The summed E-state index contributed by atoms with van der Waals surface area (Å²) in [6, 6.07) is 11.0. The molecule has 0 saturated carbocycles. The van der Waals surface area contributed by atoms with Gasteiger partial charge in [0.2, 0.25) is 0 Å². The average Bonchev–Trinajstić information content (AvgIpc) is 2.27. The second-order valence-electron chi connectivity index (χ2n) is 3.88. The van der Waals surface area contributed by atoms with Crippen molar-refractivity contribution in [2.24, 2.45) is 0 Å². The normalized spacial score (nSPS) is 11.7. The zero-order valence-electron chi connectivity index (χ0n) is 9.34. The van der Waals surface area contributed by atoms with Crippen LogP contribution in [0.25, 0.3) is 16.3 Å². The molecule has 2 rings (SSSR count). The SMILES string of the molecule is C/C(=C\C(=O)O)c1cc2ccccc2cc1O. The van der Waals surface area contributed by atoms with Gasteiger partial charge in [0.05, 0.1) is 0 Å². The van der Waals surface area contributed by atoms with Crippen LogP contribution in [-0.2, 0) is 4.79 Å². The lowest BCUT2D eigenvalue weighted by Gasteiger charge is -2.06. The molecule has 0 spiro atoms. The van der Waals surface area contributed by atoms with Gasteiger partial charge in [0.1, 0.15) is 5.75 Å². The van der Waals surface area contributed by atoms with Gasteiger partial charge in [0, 0.05) is 11.6 Å². The van der Waals surface area contributed by atoms with Crippen LogP contribution in [0, 0.1) is 0 Å². The van der Waals surface area contributed by atoms with E-state index in [-0.39, 0.29) is 5.75 Å². The third-order valence-electron chi connectivity index (χ3n) is 2.63. The predicted octanol–water partition coefficient (Wildman–Crippen LogP) is 3.03. The molecule has 86 valence electrons. The Balaban J connectivity index is 2.62. The molecule has 0 bridgehead atoms. The third kappa shape index (κ3) is 2.28. The first-order valence-electron chi connectivity index (χ1n) is 5.21. The summed E-state index contributed by atoms with van der Waals surface area (Å²) in [4.78, 5) is 10.6. The Bertz CT molecular complexity index is 612. The number of fused-ring (bicyclic) bond motifs is 1. The van der Waals surface area contributed by atoms with Gasteiger partial charge in [-0.05, 0) is 35.4 Å². The fourth-order valence-corrected chi connectivity index (χ4v) is 1.81. The monoisotopic (exact) mass is 228 g/mol. The number of aliphatic carboxylic acids is 1. The van der Waals surface area contributed by atoms with E-state index in [1.54, 1.807) is 19.1 Å². The lowest BCUT2D eigenvalue weighted by molar-refractivity contribution is -0.131. The van der Waals surface area contributed by atoms with Gasteiger partial charge in [-0.1, -0.05) is 24.3 Å². The molecule has 17 heavy (non-hydrogen) atoms. The molecule has 0 fully saturated rings. The number of carboxylic acids is 1. The van der Waals surface area contributed by atoms with Crippen LogP contribution >= 0.6 is 0 Å². The summed E-state index contributed by atoms with van der Waals surface area (Å²) in [7, 11) is 0. The van der Waals surface area contributed by atoms with E-state index in [1.807, 2.05) is 24.3 Å². The van der Waals surface area contributed by atoms with Gasteiger partial charge in [-0.25, -0.2) is 4.79 Å². The molecule has 2 aromatic rings. The number of phenols is 1. The van der Waals surface area contributed by atoms with Crippen LogP contribution in [0.2, 0.25) is 0 Å². The minimum absolute atomic E-state index is 0.0960. The van der Waals surface area contributed by atoms with Crippen molar-refractivity contribution in [1.29, 1.82) is 0 Å². The summed E-state index contributed by atoms with van der Waals surface area (Å²) in [5, 5.41) is 20.4. The van der Waals surface area contributed by atoms with Gasteiger partial charge < -0.3 is 10.2 Å². The van der Waals surface area contributed by atoms with Crippen LogP contribution < -0.4 is 0 Å². The minimum atomic E-state index is -1.02. The number of benzene rings is 2. The van der Waals surface area contributed by atoms with Crippen molar-refractivity contribution in [1.82, 2.24) is 0 Å². The van der Waals surface area contributed by atoms with E-state index in [4.69, 9.17) is 5.11 Å². The lowest BCUT2D eigenvalue weighted by atomic mass is 10.0. The average molecular weight is 228 g/mol. The molecule has 0 aliphatic carbocycles. The quantitative estimate of drug-likeness (QED) is 0.777. The Morgan fingerprint density at radius 2 is 1.76 bits per heavy atom. The number of aromatic hydroxyl groups is 1. The Hall–Kier alpha value is -2.29. The lowest BCUT2D eigenvalue weighted by Crippen LogP contribution is -1.90. The van der Waals surface area contributed by atoms with Gasteiger partial charge in [0.25, 0.3) is 0 Å². The Kier molecular flexibility index (Phi) is 2.83. The van der Waals surface area contributed by atoms with Crippen LogP contribution in [-0.4, -0.2) is 16.2 Å². The van der Waals surface area contributed by atoms with E-state index in [0.717, 1.165) is 16.8 Å². The van der Waals surface area contributed by atoms with Crippen molar-refractivity contribution in [3.8, 4) is 5.75 Å². The fraction of sp³-hybridized carbons (Fsp3) is 0.0714. The summed E-state index contributed by atoms with van der Waals surface area (Å²) < 4.78 is 0. The second kappa shape index (κ2) is 4.29. The molecule has 2 N–H and O–H groups in total. The maximum absolute atomic E-state index is 10.6. The number of hydrogen-bond donors (Lipinski definition) is 2. The maximum atomic E-state index is 10.6. The van der Waals surface area contributed by atoms with Gasteiger partial charge in [-0.3, -0.25) is 0 Å². The smallest absolute Gasteiger partial charge is 0.328 e. The van der Waals surface area contributed by atoms with E-state index < -0.39 is 5.97 Å². The number of carboxylic acid groups (broad SMARTS) is 1. The van der Waals surface area contributed by atoms with Crippen molar-refractivity contribution in [3.05, 3.63) is 48.0 Å². The topological polar surface area (TPSA) is 57.5 Å². The van der Waals surface area contributed by atoms with Crippen LogP contribution in [0.15, 0.2) is 42.5 Å². The van der Waals surface area contributed by atoms with Crippen LogP contribution in [0.1, 0.15) is 12.5 Å². The molecule has 0 amide bonds. The Morgan fingerprint density at radius 1 is 1.18 bits per heavy atom. The predicted molar refractivity (Wildman–Crippen MR) is 66.9 cm³/mol. The molecule has 0 radical (unpaired) electrons. The number of carbonyl (C=O) groups is 1. The van der Waals surface area contributed by atoms with Crippen LogP contribution in [0.5, 0.6) is 5.75 Å². The summed E-state index contributed by atoms with van der Waals surface area (Å²) in [5.41, 5.74) is 1.08. The molecule has 3 heteroatoms. The van der Waals surface area contributed by atoms with E-state index >= 15 is 0 Å². The first kappa shape index (κ1) is 11.2. The van der Waals surface area contributed by atoms with Crippen molar-refractivity contribution < 1.29 is 15.0 Å². The molecule has 0 aliphatic heterocycles. The van der Waals surface area contributed by atoms with Crippen molar-refractivity contribution in [2.45, 2.75) is 6.92 Å². The van der Waals surface area contributed by atoms with E-state index in [1.165, 1.54) is 0 Å². The standard InChI is InChI=1S/C14H12O3/c1-9(6-14(16)17)12-7-10-4-2-3-5-11(10)8-13(12)15/h2-8,15H,1H3,(H,16,17)/b9-6+. The zero-order chi connectivity index (χ0) is 12.4. The number of rotatable bonds is 2. The first-order valence-corrected chi connectivity index (χ1v) is 5.21. The van der Waals surface area contributed by atoms with Crippen molar-refractivity contribution in [2.75, 3.05) is 0 Å². The Labute approximate surface area is 98.6 Å². The van der Waals surface area contributed by atoms with Gasteiger partial charge >= 0.3 is 5.97 Å². The summed E-state index contributed by atoms with van der Waals surface area (Å²) in [5.74, 6) is -0.922. The second-order valence-corrected chi connectivity index (χ2v) is 3.88. The van der Waals surface area contributed by atoms with Crippen molar-refractivity contribution >= 4 is 22.3 Å². The van der Waals surface area contributed by atoms with Gasteiger partial charge in [-0.15, -0.1) is 0 Å². The molecule has 0 aliphatic rings. The molecule has 2 aromatic carbocycles. The molecule has 0 unspecified atom stereocenters. The van der Waals surface area contributed by atoms with E-state index in [2.05, 4.69) is 0 Å². The van der Waals surface area contributed by atoms with Gasteiger partial charge in [0.15, 0.2) is 0 Å². The summed E-state index contributed by atoms with van der Waals surface area (Å²) >= 11 is 0. The number of allylic oxidation sites excluding steroid dienone is 1. The van der Waals surface area contributed by atoms with E-state index in [9.17, 15) is 9.90 Å². The van der Waals surface area contributed by atoms with E-state index in [0.29, 0.717) is 11.1 Å². The van der Waals surface area contributed by atoms with Crippen molar-refractivity contribution in [3.63, 3.8) is 0 Å².